The number of carboxylic acid groups (broad SMARTS) is 1. The number of aromatic carboxylic acids is 1. The second-order valence-electron chi connectivity index (χ2n) is 5.86. The Bertz CT molecular complexity index is 785. The van der Waals surface area contributed by atoms with Crippen LogP contribution in [0.4, 0.5) is 10.8 Å². The fourth-order valence-electron chi connectivity index (χ4n) is 2.97. The molecule has 7 heteroatoms. The maximum atomic E-state index is 11.1. The maximum Gasteiger partial charge on any atom is 0.347 e. The van der Waals surface area contributed by atoms with Crippen molar-refractivity contribution in [3.8, 4) is 11.5 Å². The molecule has 126 valence electrons. The highest BCUT2D eigenvalue weighted by atomic mass is 32.1. The van der Waals surface area contributed by atoms with Crippen LogP contribution in [0, 0.1) is 0 Å². The molecule has 2 heterocycles. The summed E-state index contributed by atoms with van der Waals surface area (Å²) in [4.78, 5) is 17.6. The van der Waals surface area contributed by atoms with Crippen LogP contribution in [0.5, 0.6) is 11.5 Å². The molecule has 0 unspecified atom stereocenters. The van der Waals surface area contributed by atoms with Crippen LogP contribution in [-0.4, -0.2) is 35.8 Å². The summed E-state index contributed by atoms with van der Waals surface area (Å²) in [6.07, 6.45) is 3.79. The molecule has 1 aromatic carbocycles. The third kappa shape index (κ3) is 2.58. The number of aromatic nitrogens is 1. The Morgan fingerprint density at radius 3 is 2.71 bits per heavy atom. The average Bonchev–Trinajstić information content (AvgIpc) is 3.32. The minimum Gasteiger partial charge on any atom is -0.486 e. The van der Waals surface area contributed by atoms with E-state index in [2.05, 4.69) is 11.1 Å². The number of nitrogens with zero attached hydrogens (tertiary/aromatic N) is 2. The highest BCUT2D eigenvalue weighted by Crippen LogP contribution is 2.52. The van der Waals surface area contributed by atoms with Crippen LogP contribution >= 0.6 is 11.3 Å². The lowest BCUT2D eigenvalue weighted by atomic mass is 10.1. The normalized spacial score (nSPS) is 16.0. The number of anilines is 2. The summed E-state index contributed by atoms with van der Waals surface area (Å²) in [5, 5.41) is 9.77. The average molecular weight is 346 g/mol. The number of benzene rings is 1. The van der Waals surface area contributed by atoms with Crippen LogP contribution in [0.3, 0.4) is 0 Å². The molecule has 0 amide bonds. The molecule has 0 bridgehead atoms. The van der Waals surface area contributed by atoms with Crippen LogP contribution < -0.4 is 14.4 Å². The quantitative estimate of drug-likeness (QED) is 0.891. The van der Waals surface area contributed by atoms with Crippen LogP contribution in [0.1, 0.15) is 40.9 Å². The van der Waals surface area contributed by atoms with Crippen LogP contribution in [-0.2, 0) is 0 Å². The predicted molar refractivity (Wildman–Crippen MR) is 91.2 cm³/mol. The molecule has 0 radical (unpaired) electrons. The standard InChI is InChI=1S/C17H18N2O4S/c1-2-19(17-18-9-13(24-17)16(20)21)12-6-5-11(10-3-4-10)14-15(12)23-8-7-22-14/h5-6,9-10H,2-4,7-8H2,1H3,(H,20,21). The minimum absolute atomic E-state index is 0.226. The number of carboxylic acids is 1. The first-order chi connectivity index (χ1) is 11.7. The van der Waals surface area contributed by atoms with Crippen LogP contribution in [0.25, 0.3) is 0 Å². The summed E-state index contributed by atoms with van der Waals surface area (Å²) in [5.41, 5.74) is 2.10. The molecule has 1 aromatic heterocycles. The van der Waals surface area contributed by atoms with E-state index in [9.17, 15) is 4.79 Å². The van der Waals surface area contributed by atoms with Gasteiger partial charge in [-0.1, -0.05) is 17.4 Å². The Labute approximate surface area is 143 Å². The van der Waals surface area contributed by atoms with E-state index in [1.807, 2.05) is 17.9 Å². The van der Waals surface area contributed by atoms with E-state index in [1.165, 1.54) is 24.6 Å². The molecule has 1 fully saturated rings. The van der Waals surface area contributed by atoms with Gasteiger partial charge in [0, 0.05) is 12.1 Å². The molecule has 0 spiro atoms. The monoisotopic (exact) mass is 346 g/mol. The first kappa shape index (κ1) is 15.3. The van der Waals surface area contributed by atoms with Gasteiger partial charge in [0.1, 0.15) is 18.1 Å². The van der Waals surface area contributed by atoms with E-state index in [0.29, 0.717) is 30.8 Å². The van der Waals surface area contributed by atoms with E-state index in [1.54, 1.807) is 0 Å². The molecular formula is C17H18N2O4S. The van der Waals surface area contributed by atoms with Crippen molar-refractivity contribution in [2.75, 3.05) is 24.7 Å². The summed E-state index contributed by atoms with van der Waals surface area (Å²) in [6, 6.07) is 4.14. The van der Waals surface area contributed by atoms with Gasteiger partial charge in [0.05, 0.1) is 11.9 Å². The summed E-state index contributed by atoms with van der Waals surface area (Å²) in [7, 11) is 0. The number of hydrogen-bond acceptors (Lipinski definition) is 6. The number of carbonyl (C=O) groups is 1. The zero-order valence-electron chi connectivity index (χ0n) is 13.3. The Morgan fingerprint density at radius 1 is 1.33 bits per heavy atom. The van der Waals surface area contributed by atoms with Crippen molar-refractivity contribution in [3.63, 3.8) is 0 Å². The van der Waals surface area contributed by atoms with Crippen molar-refractivity contribution < 1.29 is 19.4 Å². The Balaban J connectivity index is 1.77. The second-order valence-corrected chi connectivity index (χ2v) is 6.87. The van der Waals surface area contributed by atoms with Gasteiger partial charge in [-0.05, 0) is 31.7 Å². The topological polar surface area (TPSA) is 71.9 Å². The molecule has 4 rings (SSSR count). The SMILES string of the molecule is CCN(c1ncc(C(=O)O)s1)c1ccc(C2CC2)c2c1OCCO2. The zero-order chi connectivity index (χ0) is 16.7. The summed E-state index contributed by atoms with van der Waals surface area (Å²) < 4.78 is 11.8. The number of ether oxygens (including phenoxy) is 2. The maximum absolute atomic E-state index is 11.1. The highest BCUT2D eigenvalue weighted by molar-refractivity contribution is 7.17. The third-order valence-corrected chi connectivity index (χ3v) is 5.27. The number of rotatable bonds is 5. The largest absolute Gasteiger partial charge is 0.486 e. The third-order valence-electron chi connectivity index (χ3n) is 4.26. The molecule has 1 saturated carbocycles. The van der Waals surface area contributed by atoms with Gasteiger partial charge in [-0.15, -0.1) is 0 Å². The molecule has 2 aromatic rings. The first-order valence-electron chi connectivity index (χ1n) is 8.08. The lowest BCUT2D eigenvalue weighted by Crippen LogP contribution is -2.22. The molecule has 0 atom stereocenters. The summed E-state index contributed by atoms with van der Waals surface area (Å²) >= 11 is 1.16. The fourth-order valence-corrected chi connectivity index (χ4v) is 3.80. The van der Waals surface area contributed by atoms with Gasteiger partial charge in [0.25, 0.3) is 0 Å². The fraction of sp³-hybridized carbons (Fsp3) is 0.412. The molecular weight excluding hydrogens is 328 g/mol. The minimum atomic E-state index is -0.958. The van der Waals surface area contributed by atoms with Gasteiger partial charge in [0.2, 0.25) is 0 Å². The van der Waals surface area contributed by atoms with Gasteiger partial charge < -0.3 is 19.5 Å². The Morgan fingerprint density at radius 2 is 2.08 bits per heavy atom. The number of fused-ring (bicyclic) bond motifs is 1. The van der Waals surface area contributed by atoms with E-state index >= 15 is 0 Å². The Kier molecular flexibility index (Phi) is 3.80. The van der Waals surface area contributed by atoms with Crippen LogP contribution in [0.2, 0.25) is 0 Å². The predicted octanol–water partition coefficient (Wildman–Crippen LogP) is 3.65. The molecule has 24 heavy (non-hydrogen) atoms. The van der Waals surface area contributed by atoms with Crippen molar-refractivity contribution in [3.05, 3.63) is 28.8 Å². The summed E-state index contributed by atoms with van der Waals surface area (Å²) in [5.74, 6) is 1.21. The van der Waals surface area contributed by atoms with Gasteiger partial charge in [-0.25, -0.2) is 9.78 Å². The van der Waals surface area contributed by atoms with Crippen molar-refractivity contribution in [1.82, 2.24) is 4.98 Å². The van der Waals surface area contributed by atoms with Crippen molar-refractivity contribution in [2.24, 2.45) is 0 Å². The number of thiazole rings is 1. The highest BCUT2D eigenvalue weighted by Gasteiger charge is 2.32. The number of hydrogen-bond donors (Lipinski definition) is 1. The molecule has 0 saturated heterocycles. The van der Waals surface area contributed by atoms with E-state index in [4.69, 9.17) is 14.6 Å². The summed E-state index contributed by atoms with van der Waals surface area (Å²) in [6.45, 7) is 3.74. The van der Waals surface area contributed by atoms with Gasteiger partial charge in [0.15, 0.2) is 16.6 Å². The lowest BCUT2D eigenvalue weighted by Gasteiger charge is -2.28. The van der Waals surface area contributed by atoms with E-state index in [-0.39, 0.29) is 4.88 Å². The molecule has 2 aliphatic rings. The van der Waals surface area contributed by atoms with Crippen LogP contribution in [0.15, 0.2) is 18.3 Å². The molecule has 1 aliphatic heterocycles. The lowest BCUT2D eigenvalue weighted by molar-refractivity contribution is 0.0702. The first-order valence-corrected chi connectivity index (χ1v) is 8.89. The zero-order valence-corrected chi connectivity index (χ0v) is 14.1. The van der Waals surface area contributed by atoms with Crippen molar-refractivity contribution in [1.29, 1.82) is 0 Å². The van der Waals surface area contributed by atoms with Crippen molar-refractivity contribution in [2.45, 2.75) is 25.7 Å². The van der Waals surface area contributed by atoms with E-state index in [0.717, 1.165) is 28.5 Å². The van der Waals surface area contributed by atoms with Gasteiger partial charge in [-0.3, -0.25) is 0 Å². The van der Waals surface area contributed by atoms with E-state index < -0.39 is 5.97 Å². The molecule has 6 nitrogen and oxygen atoms in total. The van der Waals surface area contributed by atoms with Gasteiger partial charge >= 0.3 is 5.97 Å². The Hall–Kier alpha value is -2.28. The molecule has 1 N–H and O–H groups in total. The molecule has 1 aliphatic carbocycles. The smallest absolute Gasteiger partial charge is 0.347 e. The van der Waals surface area contributed by atoms with Gasteiger partial charge in [-0.2, -0.15) is 0 Å². The second kappa shape index (κ2) is 5.98. The van der Waals surface area contributed by atoms with Crippen molar-refractivity contribution >= 4 is 28.1 Å².